The minimum atomic E-state index is -2.38. The standard InChI is InChI=1S/C16H23F2N/c1-12-4-2-7-15(9-8-12)19-11-13-5-3-6-14(10-13)16(17)18/h3,5-6,10,12,15-16,19H,2,4,7-9,11H2,1H3. The lowest BCUT2D eigenvalue weighted by molar-refractivity contribution is 0.151. The van der Waals surface area contributed by atoms with Crippen LogP contribution in [0.2, 0.25) is 0 Å². The fourth-order valence-corrected chi connectivity index (χ4v) is 2.79. The molecule has 1 N–H and O–H groups in total. The van der Waals surface area contributed by atoms with Gasteiger partial charge in [0.25, 0.3) is 6.43 Å². The highest BCUT2D eigenvalue weighted by molar-refractivity contribution is 5.24. The molecule has 0 radical (unpaired) electrons. The van der Waals surface area contributed by atoms with E-state index in [4.69, 9.17) is 0 Å². The van der Waals surface area contributed by atoms with Gasteiger partial charge in [0.15, 0.2) is 0 Å². The van der Waals surface area contributed by atoms with Crippen LogP contribution in [0.3, 0.4) is 0 Å². The monoisotopic (exact) mass is 267 g/mol. The molecule has 1 saturated carbocycles. The van der Waals surface area contributed by atoms with E-state index in [-0.39, 0.29) is 5.56 Å². The molecular weight excluding hydrogens is 244 g/mol. The van der Waals surface area contributed by atoms with Gasteiger partial charge in [-0.2, -0.15) is 0 Å². The molecule has 0 bridgehead atoms. The minimum Gasteiger partial charge on any atom is -0.310 e. The summed E-state index contributed by atoms with van der Waals surface area (Å²) in [5, 5.41) is 3.52. The summed E-state index contributed by atoms with van der Waals surface area (Å²) in [5.74, 6) is 0.828. The summed E-state index contributed by atoms with van der Waals surface area (Å²) in [7, 11) is 0. The van der Waals surface area contributed by atoms with E-state index in [0.29, 0.717) is 12.6 Å². The van der Waals surface area contributed by atoms with Crippen LogP contribution < -0.4 is 5.32 Å². The second-order valence-electron chi connectivity index (χ2n) is 5.74. The van der Waals surface area contributed by atoms with Gasteiger partial charge in [-0.05, 0) is 36.8 Å². The third-order valence-electron chi connectivity index (χ3n) is 4.06. The van der Waals surface area contributed by atoms with Crippen LogP contribution >= 0.6 is 0 Å². The summed E-state index contributed by atoms with van der Waals surface area (Å²) in [6.07, 6.45) is 3.90. The maximum Gasteiger partial charge on any atom is 0.263 e. The molecule has 1 aromatic rings. The van der Waals surface area contributed by atoms with Gasteiger partial charge in [-0.15, -0.1) is 0 Å². The molecule has 0 aromatic heterocycles. The maximum atomic E-state index is 12.6. The SMILES string of the molecule is CC1CCCC(NCc2cccc(C(F)F)c2)CC1. The molecule has 19 heavy (non-hydrogen) atoms. The lowest BCUT2D eigenvalue weighted by Gasteiger charge is -2.16. The first-order chi connectivity index (χ1) is 9.15. The number of nitrogens with one attached hydrogen (secondary N) is 1. The Morgan fingerprint density at radius 1 is 1.21 bits per heavy atom. The molecule has 0 spiro atoms. The van der Waals surface area contributed by atoms with E-state index in [2.05, 4.69) is 12.2 Å². The third-order valence-corrected chi connectivity index (χ3v) is 4.06. The molecule has 2 atom stereocenters. The van der Waals surface area contributed by atoms with E-state index < -0.39 is 6.43 Å². The number of halogens is 2. The zero-order valence-corrected chi connectivity index (χ0v) is 11.5. The Kier molecular flexibility index (Phi) is 5.32. The van der Waals surface area contributed by atoms with Crippen LogP contribution in [0.25, 0.3) is 0 Å². The van der Waals surface area contributed by atoms with E-state index in [0.717, 1.165) is 11.5 Å². The summed E-state index contributed by atoms with van der Waals surface area (Å²) >= 11 is 0. The summed E-state index contributed by atoms with van der Waals surface area (Å²) in [5.41, 5.74) is 1.07. The topological polar surface area (TPSA) is 12.0 Å². The highest BCUT2D eigenvalue weighted by atomic mass is 19.3. The smallest absolute Gasteiger partial charge is 0.263 e. The normalized spacial score (nSPS) is 24.4. The third kappa shape index (κ3) is 4.57. The second kappa shape index (κ2) is 6.99. The van der Waals surface area contributed by atoms with Crippen molar-refractivity contribution in [2.45, 2.75) is 58.0 Å². The Labute approximate surface area is 114 Å². The lowest BCUT2D eigenvalue weighted by Crippen LogP contribution is -2.28. The van der Waals surface area contributed by atoms with Gasteiger partial charge in [-0.1, -0.05) is 38.0 Å². The van der Waals surface area contributed by atoms with Gasteiger partial charge in [-0.3, -0.25) is 0 Å². The molecule has 0 amide bonds. The molecule has 1 aliphatic rings. The summed E-state index contributed by atoms with van der Waals surface area (Å²) in [6, 6.07) is 7.27. The molecule has 1 aliphatic carbocycles. The predicted octanol–water partition coefficient (Wildman–Crippen LogP) is 4.68. The fraction of sp³-hybridized carbons (Fsp3) is 0.625. The predicted molar refractivity (Wildman–Crippen MR) is 74.3 cm³/mol. The van der Waals surface area contributed by atoms with Gasteiger partial charge in [0, 0.05) is 18.2 Å². The van der Waals surface area contributed by atoms with Gasteiger partial charge in [0.05, 0.1) is 0 Å². The van der Waals surface area contributed by atoms with Crippen LogP contribution in [-0.2, 0) is 6.54 Å². The Hall–Kier alpha value is -0.960. The van der Waals surface area contributed by atoms with E-state index in [1.807, 2.05) is 6.07 Å². The number of alkyl halides is 2. The van der Waals surface area contributed by atoms with Gasteiger partial charge < -0.3 is 5.32 Å². The molecule has 0 heterocycles. The summed E-state index contributed by atoms with van der Waals surface area (Å²) < 4.78 is 25.2. The number of hydrogen-bond donors (Lipinski definition) is 1. The van der Waals surface area contributed by atoms with Crippen LogP contribution in [0, 0.1) is 5.92 Å². The highest BCUT2D eigenvalue weighted by Crippen LogP contribution is 2.23. The molecule has 2 unspecified atom stereocenters. The molecule has 1 nitrogen and oxygen atoms in total. The van der Waals surface area contributed by atoms with E-state index >= 15 is 0 Å². The van der Waals surface area contributed by atoms with Crippen LogP contribution in [-0.4, -0.2) is 6.04 Å². The van der Waals surface area contributed by atoms with Crippen molar-refractivity contribution in [3.05, 3.63) is 35.4 Å². The van der Waals surface area contributed by atoms with Gasteiger partial charge >= 0.3 is 0 Å². The molecular formula is C16H23F2N. The van der Waals surface area contributed by atoms with Gasteiger partial charge in [0.1, 0.15) is 0 Å². The molecule has 1 fully saturated rings. The van der Waals surface area contributed by atoms with Crippen LogP contribution in [0.15, 0.2) is 24.3 Å². The first-order valence-electron chi connectivity index (χ1n) is 7.25. The number of hydrogen-bond acceptors (Lipinski definition) is 1. The molecule has 1 aromatic carbocycles. The number of rotatable bonds is 4. The van der Waals surface area contributed by atoms with Crippen LogP contribution in [0.4, 0.5) is 8.78 Å². The maximum absolute atomic E-state index is 12.6. The van der Waals surface area contributed by atoms with Crippen molar-refractivity contribution in [2.24, 2.45) is 5.92 Å². The fourth-order valence-electron chi connectivity index (χ4n) is 2.79. The van der Waals surface area contributed by atoms with Crippen molar-refractivity contribution < 1.29 is 8.78 Å². The zero-order chi connectivity index (χ0) is 13.7. The molecule has 2 rings (SSSR count). The quantitative estimate of drug-likeness (QED) is 0.781. The van der Waals surface area contributed by atoms with Crippen molar-refractivity contribution in [1.29, 1.82) is 0 Å². The van der Waals surface area contributed by atoms with Crippen LogP contribution in [0.5, 0.6) is 0 Å². The second-order valence-corrected chi connectivity index (χ2v) is 5.74. The van der Waals surface area contributed by atoms with Crippen molar-refractivity contribution in [1.82, 2.24) is 5.32 Å². The Balaban J connectivity index is 1.86. The Morgan fingerprint density at radius 2 is 2.05 bits per heavy atom. The van der Waals surface area contributed by atoms with Crippen molar-refractivity contribution >= 4 is 0 Å². The van der Waals surface area contributed by atoms with Gasteiger partial charge in [-0.25, -0.2) is 8.78 Å². The average molecular weight is 267 g/mol. The van der Waals surface area contributed by atoms with Gasteiger partial charge in [0.2, 0.25) is 0 Å². The van der Waals surface area contributed by atoms with E-state index in [1.54, 1.807) is 12.1 Å². The average Bonchev–Trinajstić information content (AvgIpc) is 2.61. The highest BCUT2D eigenvalue weighted by Gasteiger charge is 2.15. The molecule has 106 valence electrons. The minimum absolute atomic E-state index is 0.119. The zero-order valence-electron chi connectivity index (χ0n) is 11.5. The molecule has 3 heteroatoms. The Bertz CT molecular complexity index is 392. The lowest BCUT2D eigenvalue weighted by atomic mass is 10.0. The summed E-state index contributed by atoms with van der Waals surface area (Å²) in [4.78, 5) is 0. The molecule has 0 saturated heterocycles. The largest absolute Gasteiger partial charge is 0.310 e. The van der Waals surface area contributed by atoms with E-state index in [1.165, 1.54) is 38.2 Å². The van der Waals surface area contributed by atoms with Crippen molar-refractivity contribution in [2.75, 3.05) is 0 Å². The van der Waals surface area contributed by atoms with E-state index in [9.17, 15) is 8.78 Å². The first kappa shape index (κ1) is 14.4. The Morgan fingerprint density at radius 3 is 2.84 bits per heavy atom. The first-order valence-corrected chi connectivity index (χ1v) is 7.25. The molecule has 0 aliphatic heterocycles. The van der Waals surface area contributed by atoms with Crippen molar-refractivity contribution in [3.63, 3.8) is 0 Å². The van der Waals surface area contributed by atoms with Crippen LogP contribution in [0.1, 0.15) is 56.6 Å². The summed E-state index contributed by atoms with van der Waals surface area (Å²) in [6.45, 7) is 3.01. The number of benzene rings is 1. The van der Waals surface area contributed by atoms with Crippen molar-refractivity contribution in [3.8, 4) is 0 Å².